The highest BCUT2D eigenvalue weighted by Gasteiger charge is 2.24. The van der Waals surface area contributed by atoms with Crippen LogP contribution in [-0.2, 0) is 4.79 Å². The van der Waals surface area contributed by atoms with E-state index < -0.39 is 0 Å². The van der Waals surface area contributed by atoms with Crippen LogP contribution in [0.1, 0.15) is 39.5 Å². The third-order valence-electron chi connectivity index (χ3n) is 3.33. The number of hydrogen-bond donors (Lipinski definition) is 2. The molecule has 16 heavy (non-hydrogen) atoms. The average Bonchev–Trinajstić information content (AvgIpc) is 2.21. The van der Waals surface area contributed by atoms with Gasteiger partial charge in [-0.15, -0.1) is 0 Å². The van der Waals surface area contributed by atoms with Crippen molar-refractivity contribution in [2.75, 3.05) is 20.1 Å². The SMILES string of the molecule is CN1CCCCC1CC(=O)NC(C)(C)CN. The minimum absolute atomic E-state index is 0.120. The predicted molar refractivity (Wildman–Crippen MR) is 66.2 cm³/mol. The van der Waals surface area contributed by atoms with E-state index in [2.05, 4.69) is 17.3 Å². The maximum Gasteiger partial charge on any atom is 0.222 e. The van der Waals surface area contributed by atoms with Crippen molar-refractivity contribution in [1.82, 2.24) is 10.2 Å². The Kier molecular flexibility index (Phi) is 4.74. The molecule has 0 radical (unpaired) electrons. The van der Waals surface area contributed by atoms with Crippen LogP contribution in [0.5, 0.6) is 0 Å². The Morgan fingerprint density at radius 2 is 2.19 bits per heavy atom. The fourth-order valence-electron chi connectivity index (χ4n) is 2.10. The first-order valence-corrected chi connectivity index (χ1v) is 6.16. The molecule has 0 bridgehead atoms. The highest BCUT2D eigenvalue weighted by Crippen LogP contribution is 2.17. The van der Waals surface area contributed by atoms with Crippen molar-refractivity contribution in [1.29, 1.82) is 0 Å². The summed E-state index contributed by atoms with van der Waals surface area (Å²) in [7, 11) is 2.10. The summed E-state index contributed by atoms with van der Waals surface area (Å²) in [6.45, 7) is 5.49. The minimum atomic E-state index is -0.287. The number of nitrogens with zero attached hydrogens (tertiary/aromatic N) is 1. The Morgan fingerprint density at radius 3 is 2.75 bits per heavy atom. The van der Waals surface area contributed by atoms with Crippen LogP contribution >= 0.6 is 0 Å². The summed E-state index contributed by atoms with van der Waals surface area (Å²) in [5, 5.41) is 2.98. The van der Waals surface area contributed by atoms with Crippen molar-refractivity contribution in [3.05, 3.63) is 0 Å². The van der Waals surface area contributed by atoms with E-state index in [-0.39, 0.29) is 11.4 Å². The molecule has 1 fully saturated rings. The first kappa shape index (κ1) is 13.5. The van der Waals surface area contributed by atoms with Gasteiger partial charge in [0.2, 0.25) is 5.91 Å². The Labute approximate surface area is 98.6 Å². The smallest absolute Gasteiger partial charge is 0.222 e. The lowest BCUT2D eigenvalue weighted by atomic mass is 9.98. The summed E-state index contributed by atoms with van der Waals surface area (Å²) in [5.74, 6) is 0.120. The van der Waals surface area contributed by atoms with Gasteiger partial charge >= 0.3 is 0 Å². The van der Waals surface area contributed by atoms with Crippen LogP contribution in [0.4, 0.5) is 0 Å². The van der Waals surface area contributed by atoms with Crippen LogP contribution in [0.2, 0.25) is 0 Å². The zero-order valence-corrected chi connectivity index (χ0v) is 10.8. The summed E-state index contributed by atoms with van der Waals surface area (Å²) in [6, 6.07) is 0.405. The second-order valence-electron chi connectivity index (χ2n) is 5.47. The zero-order chi connectivity index (χ0) is 12.2. The number of carbonyl (C=O) groups excluding carboxylic acids is 1. The maximum absolute atomic E-state index is 11.8. The maximum atomic E-state index is 11.8. The molecule has 0 aromatic heterocycles. The Morgan fingerprint density at radius 1 is 1.50 bits per heavy atom. The molecule has 1 aliphatic heterocycles. The van der Waals surface area contributed by atoms with E-state index in [0.29, 0.717) is 19.0 Å². The van der Waals surface area contributed by atoms with Crippen molar-refractivity contribution in [3.63, 3.8) is 0 Å². The number of piperidine rings is 1. The fraction of sp³-hybridized carbons (Fsp3) is 0.917. The quantitative estimate of drug-likeness (QED) is 0.744. The van der Waals surface area contributed by atoms with Gasteiger partial charge in [0.05, 0.1) is 0 Å². The number of likely N-dealkylation sites (tertiary alicyclic amines) is 1. The number of hydrogen-bond acceptors (Lipinski definition) is 3. The van der Waals surface area contributed by atoms with Gasteiger partial charge in [-0.3, -0.25) is 4.79 Å². The molecular weight excluding hydrogens is 202 g/mol. The van der Waals surface area contributed by atoms with Crippen LogP contribution in [0.15, 0.2) is 0 Å². The van der Waals surface area contributed by atoms with Gasteiger partial charge in [0, 0.05) is 24.5 Å². The molecule has 0 spiro atoms. The molecule has 1 heterocycles. The summed E-state index contributed by atoms with van der Waals surface area (Å²) in [6.07, 6.45) is 4.22. The lowest BCUT2D eigenvalue weighted by Gasteiger charge is -2.33. The molecule has 0 aromatic carbocycles. The molecule has 1 unspecified atom stereocenters. The van der Waals surface area contributed by atoms with Gasteiger partial charge in [-0.1, -0.05) is 6.42 Å². The monoisotopic (exact) mass is 227 g/mol. The number of carbonyl (C=O) groups is 1. The molecule has 0 saturated carbocycles. The predicted octanol–water partition coefficient (Wildman–Crippen LogP) is 0.714. The van der Waals surface area contributed by atoms with E-state index in [1.165, 1.54) is 12.8 Å². The van der Waals surface area contributed by atoms with Gasteiger partial charge in [-0.2, -0.15) is 0 Å². The second kappa shape index (κ2) is 5.64. The van der Waals surface area contributed by atoms with Crippen molar-refractivity contribution in [2.45, 2.75) is 51.1 Å². The zero-order valence-electron chi connectivity index (χ0n) is 10.8. The highest BCUT2D eigenvalue weighted by atomic mass is 16.1. The standard InChI is InChI=1S/C12H25N3O/c1-12(2,9-13)14-11(16)8-10-6-4-5-7-15(10)3/h10H,4-9,13H2,1-3H3,(H,14,16). The second-order valence-corrected chi connectivity index (χ2v) is 5.47. The molecule has 1 amide bonds. The lowest BCUT2D eigenvalue weighted by Crippen LogP contribution is -2.50. The number of nitrogens with one attached hydrogen (secondary N) is 1. The van der Waals surface area contributed by atoms with Gasteiger partial charge in [0.15, 0.2) is 0 Å². The van der Waals surface area contributed by atoms with Crippen LogP contribution < -0.4 is 11.1 Å². The Hall–Kier alpha value is -0.610. The molecule has 0 aliphatic carbocycles. The first-order valence-electron chi connectivity index (χ1n) is 6.16. The van der Waals surface area contributed by atoms with Crippen LogP contribution in [-0.4, -0.2) is 42.5 Å². The molecular formula is C12H25N3O. The third-order valence-corrected chi connectivity index (χ3v) is 3.33. The highest BCUT2D eigenvalue weighted by molar-refractivity contribution is 5.77. The lowest BCUT2D eigenvalue weighted by molar-refractivity contribution is -0.124. The Bertz CT molecular complexity index is 240. The summed E-state index contributed by atoms with van der Waals surface area (Å²) >= 11 is 0. The number of rotatable bonds is 4. The topological polar surface area (TPSA) is 58.4 Å². The van der Waals surface area contributed by atoms with E-state index in [1.807, 2.05) is 13.8 Å². The van der Waals surface area contributed by atoms with E-state index >= 15 is 0 Å². The van der Waals surface area contributed by atoms with Gasteiger partial charge in [0.1, 0.15) is 0 Å². The van der Waals surface area contributed by atoms with Crippen LogP contribution in [0, 0.1) is 0 Å². The van der Waals surface area contributed by atoms with Gasteiger partial charge < -0.3 is 16.0 Å². The fourth-order valence-corrected chi connectivity index (χ4v) is 2.10. The van der Waals surface area contributed by atoms with Crippen molar-refractivity contribution >= 4 is 5.91 Å². The van der Waals surface area contributed by atoms with Gasteiger partial charge in [0.25, 0.3) is 0 Å². The minimum Gasteiger partial charge on any atom is -0.350 e. The van der Waals surface area contributed by atoms with E-state index in [4.69, 9.17) is 5.73 Å². The van der Waals surface area contributed by atoms with Gasteiger partial charge in [-0.05, 0) is 40.3 Å². The molecule has 94 valence electrons. The van der Waals surface area contributed by atoms with E-state index in [0.717, 1.165) is 13.0 Å². The Balaban J connectivity index is 2.38. The molecule has 3 N–H and O–H groups in total. The van der Waals surface area contributed by atoms with Crippen molar-refractivity contribution in [3.8, 4) is 0 Å². The largest absolute Gasteiger partial charge is 0.350 e. The molecule has 1 aliphatic rings. The summed E-state index contributed by atoms with van der Waals surface area (Å²) in [4.78, 5) is 14.1. The average molecular weight is 227 g/mol. The third kappa shape index (κ3) is 4.10. The molecule has 1 atom stereocenters. The van der Waals surface area contributed by atoms with E-state index in [9.17, 15) is 4.79 Å². The molecule has 4 heteroatoms. The van der Waals surface area contributed by atoms with Crippen molar-refractivity contribution < 1.29 is 4.79 Å². The molecule has 4 nitrogen and oxygen atoms in total. The number of amides is 1. The first-order chi connectivity index (χ1) is 7.44. The van der Waals surface area contributed by atoms with Gasteiger partial charge in [-0.25, -0.2) is 0 Å². The van der Waals surface area contributed by atoms with Crippen LogP contribution in [0.25, 0.3) is 0 Å². The van der Waals surface area contributed by atoms with E-state index in [1.54, 1.807) is 0 Å². The molecule has 0 aromatic rings. The number of nitrogens with two attached hydrogens (primary N) is 1. The molecule has 1 rings (SSSR count). The normalized spacial score (nSPS) is 23.1. The summed E-state index contributed by atoms with van der Waals surface area (Å²) in [5.41, 5.74) is 5.30. The van der Waals surface area contributed by atoms with Crippen molar-refractivity contribution in [2.24, 2.45) is 5.73 Å². The van der Waals surface area contributed by atoms with Crippen LogP contribution in [0.3, 0.4) is 0 Å². The molecule has 1 saturated heterocycles. The summed E-state index contributed by atoms with van der Waals surface area (Å²) < 4.78 is 0.